The molecule has 3 aromatic rings. The fraction of sp³-hybridized carbons (Fsp3) is 0.440. The minimum Gasteiger partial charge on any atom is -0.465 e. The van der Waals surface area contributed by atoms with E-state index >= 15 is 0 Å². The number of imidazole rings is 1. The first-order chi connectivity index (χ1) is 15.6. The van der Waals surface area contributed by atoms with E-state index in [2.05, 4.69) is 14.5 Å². The molecule has 3 heterocycles. The Kier molecular flexibility index (Phi) is 5.64. The molecule has 2 aromatic heterocycles. The molecule has 32 heavy (non-hydrogen) atoms. The zero-order valence-corrected chi connectivity index (χ0v) is 18.4. The van der Waals surface area contributed by atoms with Crippen molar-refractivity contribution in [1.29, 1.82) is 0 Å². The SMILES string of the molecule is COC(=O)c1ccc(CC2CCN(C(=O)c3cnc4c(c3)ncn4C3CCCC3)C2)cc1. The van der Waals surface area contributed by atoms with Crippen LogP contribution in [0.4, 0.5) is 0 Å². The molecule has 0 spiro atoms. The van der Waals surface area contributed by atoms with Crippen LogP contribution in [0.15, 0.2) is 42.9 Å². The number of fused-ring (bicyclic) bond motifs is 1. The van der Waals surface area contributed by atoms with Gasteiger partial charge in [0.15, 0.2) is 5.65 Å². The first-order valence-electron chi connectivity index (χ1n) is 11.4. The molecule has 1 aliphatic carbocycles. The lowest BCUT2D eigenvalue weighted by Gasteiger charge is -2.17. The third kappa shape index (κ3) is 3.99. The normalized spacial score (nSPS) is 19.0. The molecular formula is C25H28N4O3. The van der Waals surface area contributed by atoms with Gasteiger partial charge in [0.2, 0.25) is 0 Å². The molecule has 1 aromatic carbocycles. The van der Waals surface area contributed by atoms with Crippen LogP contribution in [0.1, 0.15) is 64.4 Å². The molecular weight excluding hydrogens is 404 g/mol. The van der Waals surface area contributed by atoms with Crippen LogP contribution in [0.25, 0.3) is 11.2 Å². The van der Waals surface area contributed by atoms with Crippen LogP contribution >= 0.6 is 0 Å². The zero-order valence-electron chi connectivity index (χ0n) is 18.4. The summed E-state index contributed by atoms with van der Waals surface area (Å²) in [7, 11) is 1.38. The molecule has 0 bridgehead atoms. The number of aromatic nitrogens is 3. The Hall–Kier alpha value is -3.22. The number of methoxy groups -OCH3 is 1. The smallest absolute Gasteiger partial charge is 0.337 e. The summed E-state index contributed by atoms with van der Waals surface area (Å²) >= 11 is 0. The topological polar surface area (TPSA) is 77.3 Å². The van der Waals surface area contributed by atoms with E-state index < -0.39 is 0 Å². The van der Waals surface area contributed by atoms with Crippen molar-refractivity contribution < 1.29 is 14.3 Å². The van der Waals surface area contributed by atoms with Gasteiger partial charge in [-0.3, -0.25) is 4.79 Å². The van der Waals surface area contributed by atoms with Gasteiger partial charge < -0.3 is 14.2 Å². The van der Waals surface area contributed by atoms with Crippen molar-refractivity contribution in [1.82, 2.24) is 19.4 Å². The lowest BCUT2D eigenvalue weighted by molar-refractivity contribution is 0.0600. The average molecular weight is 433 g/mol. The minimum atomic E-state index is -0.326. The van der Waals surface area contributed by atoms with E-state index in [0.717, 1.165) is 42.7 Å². The number of ether oxygens (including phenoxy) is 1. The minimum absolute atomic E-state index is 0.0263. The van der Waals surface area contributed by atoms with Crippen LogP contribution in [-0.4, -0.2) is 51.5 Å². The van der Waals surface area contributed by atoms with Crippen LogP contribution < -0.4 is 0 Å². The number of esters is 1. The van der Waals surface area contributed by atoms with Gasteiger partial charge in [0, 0.05) is 25.3 Å². The summed E-state index contributed by atoms with van der Waals surface area (Å²) in [5.41, 5.74) is 4.00. The standard InChI is InChI=1S/C25H28N4O3/c1-32-25(31)19-8-6-17(7-9-19)12-18-10-11-28(15-18)24(30)20-13-22-23(26-14-20)29(16-27-22)21-4-2-3-5-21/h6-9,13-14,16,18,21H,2-5,10-12,15H2,1H3. The van der Waals surface area contributed by atoms with Gasteiger partial charge in [0.05, 0.1) is 24.6 Å². The first kappa shape index (κ1) is 20.7. The van der Waals surface area contributed by atoms with Crippen molar-refractivity contribution in [2.45, 2.75) is 44.6 Å². The maximum atomic E-state index is 13.1. The summed E-state index contributed by atoms with van der Waals surface area (Å²) in [5.74, 6) is 0.104. The molecule has 1 amide bonds. The second-order valence-corrected chi connectivity index (χ2v) is 8.96. The maximum absolute atomic E-state index is 13.1. The fourth-order valence-corrected chi connectivity index (χ4v) is 5.08. The van der Waals surface area contributed by atoms with E-state index in [-0.39, 0.29) is 11.9 Å². The second-order valence-electron chi connectivity index (χ2n) is 8.96. The van der Waals surface area contributed by atoms with E-state index in [1.54, 1.807) is 18.3 Å². The predicted octanol–water partition coefficient (Wildman–Crippen LogP) is 4.04. The summed E-state index contributed by atoms with van der Waals surface area (Å²) in [6.07, 6.45) is 10.3. The van der Waals surface area contributed by atoms with E-state index in [4.69, 9.17) is 4.74 Å². The van der Waals surface area contributed by atoms with Crippen molar-refractivity contribution in [3.05, 3.63) is 59.5 Å². The molecule has 1 aliphatic heterocycles. The van der Waals surface area contributed by atoms with Gasteiger partial charge in [-0.25, -0.2) is 14.8 Å². The quantitative estimate of drug-likeness (QED) is 0.569. The number of rotatable bonds is 5. The van der Waals surface area contributed by atoms with Gasteiger partial charge in [-0.2, -0.15) is 0 Å². The van der Waals surface area contributed by atoms with E-state index in [1.165, 1.54) is 32.8 Å². The van der Waals surface area contributed by atoms with Crippen LogP contribution in [0.2, 0.25) is 0 Å². The monoisotopic (exact) mass is 432 g/mol. The van der Waals surface area contributed by atoms with Crippen molar-refractivity contribution in [3.8, 4) is 0 Å². The largest absolute Gasteiger partial charge is 0.465 e. The molecule has 1 saturated heterocycles. The molecule has 7 nitrogen and oxygen atoms in total. The number of benzene rings is 1. The summed E-state index contributed by atoms with van der Waals surface area (Å²) < 4.78 is 6.93. The number of hydrogen-bond acceptors (Lipinski definition) is 5. The number of carbonyl (C=O) groups excluding carboxylic acids is 2. The van der Waals surface area contributed by atoms with Crippen LogP contribution in [0.5, 0.6) is 0 Å². The molecule has 7 heteroatoms. The summed E-state index contributed by atoms with van der Waals surface area (Å²) in [6, 6.07) is 9.89. The van der Waals surface area contributed by atoms with Gasteiger partial charge in [0.1, 0.15) is 5.52 Å². The molecule has 0 radical (unpaired) electrons. The molecule has 1 saturated carbocycles. The van der Waals surface area contributed by atoms with Crippen LogP contribution in [0.3, 0.4) is 0 Å². The molecule has 1 atom stereocenters. The average Bonchev–Trinajstić information content (AvgIpc) is 3.58. The van der Waals surface area contributed by atoms with E-state index in [1.807, 2.05) is 29.4 Å². The fourth-order valence-electron chi connectivity index (χ4n) is 5.08. The Morgan fingerprint density at radius 1 is 1.06 bits per heavy atom. The molecule has 166 valence electrons. The summed E-state index contributed by atoms with van der Waals surface area (Å²) in [5, 5.41) is 0. The highest BCUT2D eigenvalue weighted by Crippen LogP contribution is 2.31. The Balaban J connectivity index is 1.23. The predicted molar refractivity (Wildman–Crippen MR) is 121 cm³/mol. The lowest BCUT2D eigenvalue weighted by Crippen LogP contribution is -2.29. The highest BCUT2D eigenvalue weighted by Gasteiger charge is 2.28. The summed E-state index contributed by atoms with van der Waals surface area (Å²) in [4.78, 5) is 35.8. The van der Waals surface area contributed by atoms with E-state index in [0.29, 0.717) is 23.1 Å². The number of pyridine rings is 1. The third-order valence-electron chi connectivity index (χ3n) is 6.85. The van der Waals surface area contributed by atoms with Crippen molar-refractivity contribution >= 4 is 23.0 Å². The van der Waals surface area contributed by atoms with Gasteiger partial charge in [0.25, 0.3) is 5.91 Å². The second kappa shape index (κ2) is 8.73. The van der Waals surface area contributed by atoms with Crippen LogP contribution in [0, 0.1) is 5.92 Å². The molecule has 1 unspecified atom stereocenters. The van der Waals surface area contributed by atoms with E-state index in [9.17, 15) is 9.59 Å². The van der Waals surface area contributed by atoms with Gasteiger partial charge in [-0.1, -0.05) is 25.0 Å². The molecule has 2 fully saturated rings. The van der Waals surface area contributed by atoms with Crippen molar-refractivity contribution in [2.75, 3.05) is 20.2 Å². The number of amides is 1. The van der Waals surface area contributed by atoms with Crippen LogP contribution in [-0.2, 0) is 11.2 Å². The third-order valence-corrected chi connectivity index (χ3v) is 6.85. The highest BCUT2D eigenvalue weighted by atomic mass is 16.5. The van der Waals surface area contributed by atoms with Gasteiger partial charge >= 0.3 is 5.97 Å². The Morgan fingerprint density at radius 2 is 1.84 bits per heavy atom. The van der Waals surface area contributed by atoms with Crippen molar-refractivity contribution in [3.63, 3.8) is 0 Å². The molecule has 2 aliphatic rings. The first-order valence-corrected chi connectivity index (χ1v) is 11.4. The number of hydrogen-bond donors (Lipinski definition) is 0. The maximum Gasteiger partial charge on any atom is 0.337 e. The Morgan fingerprint density at radius 3 is 2.59 bits per heavy atom. The Labute approximate surface area is 187 Å². The van der Waals surface area contributed by atoms with Crippen molar-refractivity contribution in [2.24, 2.45) is 5.92 Å². The summed E-state index contributed by atoms with van der Waals surface area (Å²) in [6.45, 7) is 1.48. The lowest BCUT2D eigenvalue weighted by atomic mass is 9.98. The molecule has 0 N–H and O–H groups in total. The number of likely N-dealkylation sites (tertiary alicyclic amines) is 1. The highest BCUT2D eigenvalue weighted by molar-refractivity contribution is 5.96. The zero-order chi connectivity index (χ0) is 22.1. The number of nitrogens with zero attached hydrogens (tertiary/aromatic N) is 4. The van der Waals surface area contributed by atoms with Gasteiger partial charge in [-0.15, -0.1) is 0 Å². The molecule has 5 rings (SSSR count). The Bertz CT molecular complexity index is 1130. The number of carbonyl (C=O) groups is 2. The van der Waals surface area contributed by atoms with Gasteiger partial charge in [-0.05, 0) is 55.4 Å².